The molecule has 2 aromatic carbocycles. The Hall–Kier alpha value is -2.79. The van der Waals surface area contributed by atoms with Crippen molar-refractivity contribution in [3.63, 3.8) is 0 Å². The summed E-state index contributed by atoms with van der Waals surface area (Å²) >= 11 is 5.84. The van der Waals surface area contributed by atoms with Gasteiger partial charge in [-0.3, -0.25) is 4.79 Å². The molecule has 0 spiro atoms. The number of carbonyl (C=O) groups excluding carboxylic acids is 1. The van der Waals surface area contributed by atoms with Crippen LogP contribution in [0.1, 0.15) is 12.0 Å². The van der Waals surface area contributed by atoms with Gasteiger partial charge in [-0.2, -0.15) is 0 Å². The molecule has 138 valence electrons. The Bertz CT molecular complexity index is 1010. The summed E-state index contributed by atoms with van der Waals surface area (Å²) in [6, 6.07) is 11.7. The summed E-state index contributed by atoms with van der Waals surface area (Å²) in [6.07, 6.45) is 4.70. The maximum Gasteiger partial charge on any atom is 0.260 e. The van der Waals surface area contributed by atoms with Crippen molar-refractivity contribution in [2.24, 2.45) is 0 Å². The monoisotopic (exact) mass is 384 g/mol. The Morgan fingerprint density at radius 2 is 2.04 bits per heavy atom. The van der Waals surface area contributed by atoms with Crippen molar-refractivity contribution >= 4 is 34.0 Å². The maximum atomic E-state index is 13.3. The van der Waals surface area contributed by atoms with E-state index in [1.54, 1.807) is 35.2 Å². The number of hydrogen-bond donors (Lipinski definition) is 1. The third kappa shape index (κ3) is 3.83. The van der Waals surface area contributed by atoms with Gasteiger partial charge in [0.05, 0.1) is 0 Å². The number of nitrogens with zero attached hydrogens (tertiary/aromatic N) is 1. The molecule has 1 N–H and O–H groups in total. The number of hydrogen-bond acceptors (Lipinski definition) is 2. The number of fused-ring (bicyclic) bond motifs is 1. The number of rotatable bonds is 4. The van der Waals surface area contributed by atoms with Crippen LogP contribution in [-0.2, 0) is 4.79 Å². The van der Waals surface area contributed by atoms with Gasteiger partial charge in [0.2, 0.25) is 0 Å². The summed E-state index contributed by atoms with van der Waals surface area (Å²) in [5.74, 6) is 0.305. The highest BCUT2D eigenvalue weighted by atomic mass is 35.5. The van der Waals surface area contributed by atoms with Crippen LogP contribution in [0.5, 0.6) is 5.75 Å². The molecule has 1 amide bonds. The highest BCUT2D eigenvalue weighted by Gasteiger charge is 2.20. The van der Waals surface area contributed by atoms with Crippen molar-refractivity contribution < 1.29 is 13.9 Å². The normalized spacial score (nSPS) is 14.3. The highest BCUT2D eigenvalue weighted by molar-refractivity contribution is 6.30. The van der Waals surface area contributed by atoms with E-state index in [1.807, 2.05) is 6.20 Å². The summed E-state index contributed by atoms with van der Waals surface area (Å²) < 4.78 is 18.9. The molecule has 2 heterocycles. The summed E-state index contributed by atoms with van der Waals surface area (Å²) in [4.78, 5) is 17.3. The molecule has 1 aliphatic heterocycles. The van der Waals surface area contributed by atoms with Gasteiger partial charge in [-0.05, 0) is 54.5 Å². The van der Waals surface area contributed by atoms with Gasteiger partial charge in [-0.25, -0.2) is 4.39 Å². The third-order valence-electron chi connectivity index (χ3n) is 4.73. The van der Waals surface area contributed by atoms with Crippen LogP contribution < -0.4 is 4.74 Å². The second-order valence-electron chi connectivity index (χ2n) is 6.45. The molecule has 6 heteroatoms. The topological polar surface area (TPSA) is 45.3 Å². The van der Waals surface area contributed by atoms with Gasteiger partial charge in [0, 0.05) is 40.8 Å². The molecule has 0 saturated carbocycles. The molecule has 0 atom stereocenters. The number of halogens is 2. The van der Waals surface area contributed by atoms with E-state index in [9.17, 15) is 9.18 Å². The number of benzene rings is 2. The van der Waals surface area contributed by atoms with Crippen molar-refractivity contribution in [2.45, 2.75) is 6.42 Å². The van der Waals surface area contributed by atoms with Gasteiger partial charge in [0.1, 0.15) is 11.6 Å². The van der Waals surface area contributed by atoms with Crippen LogP contribution >= 0.6 is 11.6 Å². The quantitative estimate of drug-likeness (QED) is 0.711. The SMILES string of the molecule is O=C(COc1ccc(Cl)cc1)N1CC=C(c2c[nH]c3cc(F)ccc23)CC1. The average molecular weight is 385 g/mol. The second kappa shape index (κ2) is 7.45. The van der Waals surface area contributed by atoms with Gasteiger partial charge in [-0.15, -0.1) is 0 Å². The smallest absolute Gasteiger partial charge is 0.260 e. The number of aromatic amines is 1. The van der Waals surface area contributed by atoms with Gasteiger partial charge in [0.15, 0.2) is 6.61 Å². The molecule has 0 unspecified atom stereocenters. The molecule has 0 bridgehead atoms. The number of carbonyl (C=O) groups is 1. The molecule has 27 heavy (non-hydrogen) atoms. The lowest BCUT2D eigenvalue weighted by Crippen LogP contribution is -2.37. The number of aromatic nitrogens is 1. The molecule has 0 saturated heterocycles. The van der Waals surface area contributed by atoms with Crippen molar-refractivity contribution in [1.82, 2.24) is 9.88 Å². The van der Waals surface area contributed by atoms with E-state index in [0.29, 0.717) is 23.9 Å². The molecular weight excluding hydrogens is 367 g/mol. The fraction of sp³-hybridized carbons (Fsp3) is 0.190. The Balaban J connectivity index is 1.40. The van der Waals surface area contributed by atoms with E-state index >= 15 is 0 Å². The van der Waals surface area contributed by atoms with E-state index in [1.165, 1.54) is 12.1 Å². The lowest BCUT2D eigenvalue weighted by molar-refractivity contribution is -0.132. The number of ether oxygens (including phenoxy) is 1. The third-order valence-corrected chi connectivity index (χ3v) is 4.98. The second-order valence-corrected chi connectivity index (χ2v) is 6.89. The Morgan fingerprint density at radius 1 is 1.22 bits per heavy atom. The Labute approximate surface area is 161 Å². The van der Waals surface area contributed by atoms with E-state index < -0.39 is 0 Å². The first kappa shape index (κ1) is 17.6. The van der Waals surface area contributed by atoms with Crippen LogP contribution in [0, 0.1) is 5.82 Å². The molecule has 0 fully saturated rings. The van der Waals surface area contributed by atoms with Gasteiger partial charge in [0.25, 0.3) is 5.91 Å². The Morgan fingerprint density at radius 3 is 2.78 bits per heavy atom. The predicted octanol–water partition coefficient (Wildman–Crippen LogP) is 4.66. The van der Waals surface area contributed by atoms with E-state index in [-0.39, 0.29) is 18.3 Å². The van der Waals surface area contributed by atoms with Gasteiger partial charge >= 0.3 is 0 Å². The van der Waals surface area contributed by atoms with Crippen LogP contribution in [-0.4, -0.2) is 35.5 Å². The summed E-state index contributed by atoms with van der Waals surface area (Å²) in [5, 5.41) is 1.62. The van der Waals surface area contributed by atoms with Crippen LogP contribution in [0.3, 0.4) is 0 Å². The first-order valence-corrected chi connectivity index (χ1v) is 9.10. The molecule has 4 rings (SSSR count). The molecule has 0 radical (unpaired) electrons. The summed E-state index contributed by atoms with van der Waals surface area (Å²) in [5.41, 5.74) is 3.01. The van der Waals surface area contributed by atoms with E-state index in [2.05, 4.69) is 11.1 Å². The van der Waals surface area contributed by atoms with Crippen molar-refractivity contribution in [3.05, 3.63) is 71.1 Å². The largest absolute Gasteiger partial charge is 0.484 e. The van der Waals surface area contributed by atoms with Crippen molar-refractivity contribution in [2.75, 3.05) is 19.7 Å². The zero-order valence-electron chi connectivity index (χ0n) is 14.5. The highest BCUT2D eigenvalue weighted by Crippen LogP contribution is 2.29. The predicted molar refractivity (Wildman–Crippen MR) is 104 cm³/mol. The average Bonchev–Trinajstić information content (AvgIpc) is 3.10. The minimum atomic E-state index is -0.258. The minimum Gasteiger partial charge on any atom is -0.484 e. The molecule has 1 aliphatic rings. The summed E-state index contributed by atoms with van der Waals surface area (Å²) in [7, 11) is 0. The first-order valence-electron chi connectivity index (χ1n) is 8.72. The lowest BCUT2D eigenvalue weighted by atomic mass is 9.99. The van der Waals surface area contributed by atoms with Crippen LogP contribution in [0.25, 0.3) is 16.5 Å². The number of amides is 1. The Kier molecular flexibility index (Phi) is 4.86. The molecule has 4 nitrogen and oxygen atoms in total. The van der Waals surface area contributed by atoms with Gasteiger partial charge < -0.3 is 14.6 Å². The molecule has 3 aromatic rings. The zero-order chi connectivity index (χ0) is 18.8. The fourth-order valence-electron chi connectivity index (χ4n) is 3.27. The van der Waals surface area contributed by atoms with E-state index in [0.717, 1.165) is 28.5 Å². The van der Waals surface area contributed by atoms with Crippen LogP contribution in [0.4, 0.5) is 4.39 Å². The van der Waals surface area contributed by atoms with Crippen molar-refractivity contribution in [3.8, 4) is 5.75 Å². The van der Waals surface area contributed by atoms with Crippen molar-refractivity contribution in [1.29, 1.82) is 0 Å². The van der Waals surface area contributed by atoms with E-state index in [4.69, 9.17) is 16.3 Å². The summed E-state index contributed by atoms with van der Waals surface area (Å²) in [6.45, 7) is 1.16. The lowest BCUT2D eigenvalue weighted by Gasteiger charge is -2.26. The minimum absolute atomic E-state index is 0.00281. The standard InChI is InChI=1S/C21H18ClFN2O2/c22-15-1-4-17(5-2-15)27-13-21(26)25-9-7-14(8-10-25)19-12-24-20-11-16(23)3-6-18(19)20/h1-7,11-12,24H,8-10,13H2. The fourth-order valence-corrected chi connectivity index (χ4v) is 3.40. The zero-order valence-corrected chi connectivity index (χ0v) is 15.3. The molecule has 0 aliphatic carbocycles. The molecule has 1 aromatic heterocycles. The van der Waals surface area contributed by atoms with Crippen LogP contribution in [0.15, 0.2) is 54.7 Å². The number of H-pyrrole nitrogens is 1. The van der Waals surface area contributed by atoms with Crippen LogP contribution in [0.2, 0.25) is 5.02 Å². The maximum absolute atomic E-state index is 13.3. The van der Waals surface area contributed by atoms with Gasteiger partial charge in [-0.1, -0.05) is 17.7 Å². The number of nitrogens with one attached hydrogen (secondary N) is 1. The molecular formula is C21H18ClFN2O2. The first-order chi connectivity index (χ1) is 13.1.